The van der Waals surface area contributed by atoms with Crippen LogP contribution in [0, 0.1) is 0 Å². The van der Waals surface area contributed by atoms with Gasteiger partial charge in [-0.2, -0.15) is 0 Å². The van der Waals surface area contributed by atoms with Crippen LogP contribution in [0.3, 0.4) is 0 Å². The summed E-state index contributed by atoms with van der Waals surface area (Å²) in [5.74, 6) is 0.446. The minimum absolute atomic E-state index is 0.446. The Kier molecular flexibility index (Phi) is 3.95. The van der Waals surface area contributed by atoms with Crippen molar-refractivity contribution in [2.24, 2.45) is 0 Å². The van der Waals surface area contributed by atoms with E-state index in [1.54, 1.807) is 11.3 Å². The molecule has 0 aromatic carbocycles. The fraction of sp³-hybridized carbons (Fsp3) is 0.700. The van der Waals surface area contributed by atoms with E-state index < -0.39 is 0 Å². The predicted octanol–water partition coefficient (Wildman–Crippen LogP) is 2.68. The molecule has 16 heavy (non-hydrogen) atoms. The molecule has 0 spiro atoms. The third-order valence-corrected chi connectivity index (χ3v) is 4.89. The molecular formula is C10H15Cl2N3S. The third-order valence-electron chi connectivity index (χ3n) is 2.92. The van der Waals surface area contributed by atoms with Gasteiger partial charge >= 0.3 is 0 Å². The minimum Gasteiger partial charge on any atom is -0.346 e. The van der Waals surface area contributed by atoms with Crippen molar-refractivity contribution in [3.05, 3.63) is 10.0 Å². The molecule has 0 bridgehead atoms. The first kappa shape index (κ1) is 12.4. The molecule has 3 nitrogen and oxygen atoms in total. The molecule has 1 aromatic rings. The molecule has 1 atom stereocenters. The summed E-state index contributed by atoms with van der Waals surface area (Å²) in [6, 6.07) is 0.613. The molecule has 2 heterocycles. The Balaban J connectivity index is 2.08. The number of hydrogen-bond donors (Lipinski definition) is 0. The number of halogens is 2. The zero-order chi connectivity index (χ0) is 11.7. The molecule has 1 aliphatic heterocycles. The lowest BCUT2D eigenvalue weighted by atomic mass is 10.2. The molecule has 1 aliphatic rings. The topological polar surface area (TPSA) is 19.4 Å². The van der Waals surface area contributed by atoms with Gasteiger partial charge in [0.2, 0.25) is 0 Å². The van der Waals surface area contributed by atoms with Gasteiger partial charge in [0.1, 0.15) is 5.15 Å². The molecule has 0 saturated carbocycles. The van der Waals surface area contributed by atoms with Crippen LogP contribution in [0.25, 0.3) is 0 Å². The molecule has 1 fully saturated rings. The second-order valence-corrected chi connectivity index (χ2v) is 5.88. The van der Waals surface area contributed by atoms with Crippen molar-refractivity contribution in [1.82, 2.24) is 9.88 Å². The molecular weight excluding hydrogens is 265 g/mol. The normalized spacial score (nSPS) is 21.1. The van der Waals surface area contributed by atoms with Gasteiger partial charge in [0.25, 0.3) is 0 Å². The van der Waals surface area contributed by atoms with E-state index in [4.69, 9.17) is 23.2 Å². The average molecular weight is 280 g/mol. The Morgan fingerprint density at radius 2 is 2.31 bits per heavy atom. The molecule has 0 aliphatic carbocycles. The van der Waals surface area contributed by atoms with E-state index in [1.807, 2.05) is 0 Å². The van der Waals surface area contributed by atoms with Gasteiger partial charge in [-0.1, -0.05) is 22.9 Å². The van der Waals surface area contributed by atoms with E-state index in [0.29, 0.717) is 17.1 Å². The van der Waals surface area contributed by atoms with Crippen LogP contribution in [-0.2, 0) is 5.88 Å². The second kappa shape index (κ2) is 5.08. The van der Waals surface area contributed by atoms with Gasteiger partial charge in [0.05, 0.1) is 10.8 Å². The number of hydrogen-bond acceptors (Lipinski definition) is 4. The molecule has 0 radical (unpaired) electrons. The molecule has 1 saturated heterocycles. The van der Waals surface area contributed by atoms with E-state index in [2.05, 4.69) is 28.9 Å². The van der Waals surface area contributed by atoms with Gasteiger partial charge < -0.3 is 9.80 Å². The van der Waals surface area contributed by atoms with E-state index in [0.717, 1.165) is 23.1 Å². The lowest BCUT2D eigenvalue weighted by Crippen LogP contribution is -2.31. The van der Waals surface area contributed by atoms with Gasteiger partial charge in [-0.15, -0.1) is 11.6 Å². The first-order valence-corrected chi connectivity index (χ1v) is 6.97. The SMILES string of the molecule is CN(C)C1CCN(c2nc(Cl)c(CCl)s2)C1. The standard InChI is InChI=1S/C10H15Cl2N3S/c1-14(2)7-3-4-15(6-7)10-13-9(12)8(5-11)16-10/h7H,3-6H2,1-2H3. The largest absolute Gasteiger partial charge is 0.346 e. The van der Waals surface area contributed by atoms with Gasteiger partial charge in [0.15, 0.2) is 5.13 Å². The van der Waals surface area contributed by atoms with E-state index in [-0.39, 0.29) is 0 Å². The summed E-state index contributed by atoms with van der Waals surface area (Å²) in [7, 11) is 4.24. The first-order valence-electron chi connectivity index (χ1n) is 5.24. The highest BCUT2D eigenvalue weighted by molar-refractivity contribution is 7.16. The van der Waals surface area contributed by atoms with Gasteiger partial charge in [-0.3, -0.25) is 0 Å². The summed E-state index contributed by atoms with van der Waals surface area (Å²) in [4.78, 5) is 9.88. The zero-order valence-corrected chi connectivity index (χ0v) is 11.7. The van der Waals surface area contributed by atoms with Crippen LogP contribution >= 0.6 is 34.5 Å². The van der Waals surface area contributed by atoms with Crippen LogP contribution in [-0.4, -0.2) is 43.1 Å². The summed E-state index contributed by atoms with van der Waals surface area (Å²) in [5.41, 5.74) is 0. The fourth-order valence-electron chi connectivity index (χ4n) is 1.88. The van der Waals surface area contributed by atoms with Crippen molar-refractivity contribution >= 4 is 39.7 Å². The van der Waals surface area contributed by atoms with Crippen molar-refractivity contribution in [3.63, 3.8) is 0 Å². The quantitative estimate of drug-likeness (QED) is 0.794. The van der Waals surface area contributed by atoms with E-state index in [1.165, 1.54) is 6.42 Å². The van der Waals surface area contributed by atoms with Crippen molar-refractivity contribution in [3.8, 4) is 0 Å². The maximum atomic E-state index is 6.00. The molecule has 2 rings (SSSR count). The van der Waals surface area contributed by atoms with Gasteiger partial charge in [-0.05, 0) is 20.5 Å². The summed E-state index contributed by atoms with van der Waals surface area (Å²) >= 11 is 13.4. The van der Waals surface area contributed by atoms with Crippen molar-refractivity contribution in [2.45, 2.75) is 18.3 Å². The monoisotopic (exact) mass is 279 g/mol. The number of anilines is 1. The average Bonchev–Trinajstić information content (AvgIpc) is 2.83. The van der Waals surface area contributed by atoms with Crippen molar-refractivity contribution in [1.29, 1.82) is 0 Å². The van der Waals surface area contributed by atoms with Crippen LogP contribution < -0.4 is 4.90 Å². The number of thiazole rings is 1. The summed E-state index contributed by atoms with van der Waals surface area (Å²) in [6.45, 7) is 2.08. The summed E-state index contributed by atoms with van der Waals surface area (Å²) in [6.07, 6.45) is 1.18. The van der Waals surface area contributed by atoms with Crippen LogP contribution in [0.1, 0.15) is 11.3 Å². The lowest BCUT2D eigenvalue weighted by molar-refractivity contribution is 0.315. The number of likely N-dealkylation sites (N-methyl/N-ethyl adjacent to an activating group) is 1. The lowest BCUT2D eigenvalue weighted by Gasteiger charge is -2.19. The highest BCUT2D eigenvalue weighted by Gasteiger charge is 2.26. The van der Waals surface area contributed by atoms with Crippen LogP contribution in [0.4, 0.5) is 5.13 Å². The number of rotatable bonds is 3. The minimum atomic E-state index is 0.446. The molecule has 1 aromatic heterocycles. The Labute approximate surface area is 110 Å². The Morgan fingerprint density at radius 1 is 1.56 bits per heavy atom. The highest BCUT2D eigenvalue weighted by Crippen LogP contribution is 2.32. The molecule has 90 valence electrons. The molecule has 1 unspecified atom stereocenters. The maximum Gasteiger partial charge on any atom is 0.187 e. The first-order chi connectivity index (χ1) is 7.61. The summed E-state index contributed by atoms with van der Waals surface area (Å²) in [5, 5.41) is 1.56. The predicted molar refractivity (Wildman–Crippen MR) is 71.0 cm³/mol. The Morgan fingerprint density at radius 3 is 2.81 bits per heavy atom. The zero-order valence-electron chi connectivity index (χ0n) is 9.41. The second-order valence-electron chi connectivity index (χ2n) is 4.20. The molecule has 0 N–H and O–H groups in total. The van der Waals surface area contributed by atoms with Crippen molar-refractivity contribution < 1.29 is 0 Å². The van der Waals surface area contributed by atoms with Gasteiger partial charge in [-0.25, -0.2) is 4.98 Å². The third kappa shape index (κ3) is 2.45. The van der Waals surface area contributed by atoms with E-state index in [9.17, 15) is 0 Å². The molecule has 0 amide bonds. The van der Waals surface area contributed by atoms with E-state index >= 15 is 0 Å². The van der Waals surface area contributed by atoms with Crippen LogP contribution in [0.5, 0.6) is 0 Å². The maximum absolute atomic E-state index is 6.00. The Hall–Kier alpha value is -0.0300. The van der Waals surface area contributed by atoms with Crippen LogP contribution in [0.15, 0.2) is 0 Å². The smallest absolute Gasteiger partial charge is 0.187 e. The van der Waals surface area contributed by atoms with Gasteiger partial charge in [0, 0.05) is 19.1 Å². The highest BCUT2D eigenvalue weighted by atomic mass is 35.5. The van der Waals surface area contributed by atoms with Crippen molar-refractivity contribution in [2.75, 3.05) is 32.1 Å². The summed E-state index contributed by atoms with van der Waals surface area (Å²) < 4.78 is 0. The Bertz CT molecular complexity index is 367. The number of nitrogens with zero attached hydrogens (tertiary/aromatic N) is 3. The fourth-order valence-corrected chi connectivity index (χ4v) is 3.38. The van der Waals surface area contributed by atoms with Crippen LogP contribution in [0.2, 0.25) is 5.15 Å². The number of aromatic nitrogens is 1. The molecule has 6 heteroatoms. The number of alkyl halides is 1.